The van der Waals surface area contributed by atoms with Crippen molar-refractivity contribution in [2.45, 2.75) is 13.0 Å². The predicted molar refractivity (Wildman–Crippen MR) is 65.2 cm³/mol. The Morgan fingerprint density at radius 1 is 1.44 bits per heavy atom. The molecule has 1 heterocycles. The van der Waals surface area contributed by atoms with Crippen molar-refractivity contribution >= 4 is 5.91 Å². The second kappa shape index (κ2) is 5.44. The smallest absolute Gasteiger partial charge is 0.227 e. The summed E-state index contributed by atoms with van der Waals surface area (Å²) in [6.45, 7) is 0.491. The quantitative estimate of drug-likeness (QED) is 0.894. The van der Waals surface area contributed by atoms with E-state index in [9.17, 15) is 9.18 Å². The van der Waals surface area contributed by atoms with E-state index in [0.29, 0.717) is 12.1 Å². The molecule has 1 aromatic carbocycles. The zero-order valence-corrected chi connectivity index (χ0v) is 10.1. The number of halogens is 1. The zero-order valence-electron chi connectivity index (χ0n) is 10.1. The molecule has 0 saturated carbocycles. The Morgan fingerprint density at radius 2 is 2.28 bits per heavy atom. The van der Waals surface area contributed by atoms with Gasteiger partial charge in [-0.05, 0) is 17.7 Å². The summed E-state index contributed by atoms with van der Waals surface area (Å²) in [6, 6.07) is 6.09. The summed E-state index contributed by atoms with van der Waals surface area (Å²) in [4.78, 5) is 13.5. The molecule has 4 nitrogen and oxygen atoms in total. The van der Waals surface area contributed by atoms with Gasteiger partial charge in [0.05, 0.1) is 12.6 Å². The summed E-state index contributed by atoms with van der Waals surface area (Å²) < 4.78 is 13.0. The molecule has 0 aliphatic heterocycles. The standard InChI is InChI=1S/C13H14FN3O/c1-17(9-11-7-15-16-8-11)13(18)6-10-3-2-4-12(14)5-10/h2-5,7-8H,6,9H2,1H3,(H,15,16). The van der Waals surface area contributed by atoms with Gasteiger partial charge in [-0.3, -0.25) is 9.89 Å². The monoisotopic (exact) mass is 247 g/mol. The Hall–Kier alpha value is -2.17. The number of aromatic nitrogens is 2. The maximum Gasteiger partial charge on any atom is 0.227 e. The molecule has 0 spiro atoms. The number of aromatic amines is 1. The molecule has 0 aliphatic rings. The van der Waals surface area contributed by atoms with Crippen LogP contribution in [-0.4, -0.2) is 28.1 Å². The van der Waals surface area contributed by atoms with Crippen LogP contribution in [0.2, 0.25) is 0 Å². The fraction of sp³-hybridized carbons (Fsp3) is 0.231. The molecule has 0 aliphatic carbocycles. The van der Waals surface area contributed by atoms with Crippen LogP contribution in [0.25, 0.3) is 0 Å². The number of rotatable bonds is 4. The number of likely N-dealkylation sites (N-methyl/N-ethyl adjacent to an activating group) is 1. The van der Waals surface area contributed by atoms with E-state index in [0.717, 1.165) is 5.56 Å². The molecule has 0 saturated heterocycles. The molecule has 0 bridgehead atoms. The normalized spacial score (nSPS) is 10.3. The van der Waals surface area contributed by atoms with E-state index < -0.39 is 0 Å². The summed E-state index contributed by atoms with van der Waals surface area (Å²) in [5.74, 6) is -0.375. The van der Waals surface area contributed by atoms with Gasteiger partial charge in [-0.15, -0.1) is 0 Å². The first-order valence-electron chi connectivity index (χ1n) is 5.61. The second-order valence-electron chi connectivity index (χ2n) is 4.16. The lowest BCUT2D eigenvalue weighted by molar-refractivity contribution is -0.129. The molecule has 0 fully saturated rings. The number of amides is 1. The second-order valence-corrected chi connectivity index (χ2v) is 4.16. The predicted octanol–water partition coefficient (Wildman–Crippen LogP) is 1.75. The van der Waals surface area contributed by atoms with E-state index in [-0.39, 0.29) is 18.1 Å². The molecule has 5 heteroatoms. The van der Waals surface area contributed by atoms with Crippen molar-refractivity contribution in [3.8, 4) is 0 Å². The van der Waals surface area contributed by atoms with Crippen LogP contribution in [0, 0.1) is 5.82 Å². The van der Waals surface area contributed by atoms with E-state index in [1.54, 1.807) is 36.5 Å². The van der Waals surface area contributed by atoms with Crippen LogP contribution in [0.4, 0.5) is 4.39 Å². The number of nitrogens with zero attached hydrogens (tertiary/aromatic N) is 2. The van der Waals surface area contributed by atoms with Gasteiger partial charge >= 0.3 is 0 Å². The highest BCUT2D eigenvalue weighted by Crippen LogP contribution is 2.07. The van der Waals surface area contributed by atoms with E-state index in [2.05, 4.69) is 10.2 Å². The fourth-order valence-corrected chi connectivity index (χ4v) is 1.68. The van der Waals surface area contributed by atoms with Crippen LogP contribution in [0.5, 0.6) is 0 Å². The molecule has 2 rings (SSSR count). The van der Waals surface area contributed by atoms with Gasteiger partial charge in [0.25, 0.3) is 0 Å². The van der Waals surface area contributed by atoms with Crippen molar-refractivity contribution in [1.82, 2.24) is 15.1 Å². The molecule has 1 N–H and O–H groups in total. The number of hydrogen-bond donors (Lipinski definition) is 1. The van der Waals surface area contributed by atoms with Gasteiger partial charge in [0, 0.05) is 25.4 Å². The van der Waals surface area contributed by atoms with E-state index >= 15 is 0 Å². The van der Waals surface area contributed by atoms with Gasteiger partial charge in [0.15, 0.2) is 0 Å². The van der Waals surface area contributed by atoms with Crippen LogP contribution >= 0.6 is 0 Å². The minimum absolute atomic E-state index is 0.0539. The number of carbonyl (C=O) groups excluding carboxylic acids is 1. The molecular formula is C13H14FN3O. The van der Waals surface area contributed by atoms with E-state index in [1.807, 2.05) is 0 Å². The molecule has 18 heavy (non-hydrogen) atoms. The van der Waals surface area contributed by atoms with Crippen molar-refractivity contribution in [3.63, 3.8) is 0 Å². The van der Waals surface area contributed by atoms with Crippen molar-refractivity contribution in [2.24, 2.45) is 0 Å². The third-order valence-electron chi connectivity index (χ3n) is 2.64. The van der Waals surface area contributed by atoms with Crippen molar-refractivity contribution < 1.29 is 9.18 Å². The Bertz CT molecular complexity index is 525. The van der Waals surface area contributed by atoms with Crippen molar-refractivity contribution in [3.05, 3.63) is 53.6 Å². The highest BCUT2D eigenvalue weighted by Gasteiger charge is 2.10. The summed E-state index contributed by atoms with van der Waals surface area (Å²) >= 11 is 0. The zero-order chi connectivity index (χ0) is 13.0. The number of nitrogens with one attached hydrogen (secondary N) is 1. The fourth-order valence-electron chi connectivity index (χ4n) is 1.68. The third-order valence-corrected chi connectivity index (χ3v) is 2.64. The minimum atomic E-state index is -0.321. The van der Waals surface area contributed by atoms with E-state index in [4.69, 9.17) is 0 Å². The van der Waals surface area contributed by atoms with Gasteiger partial charge in [-0.1, -0.05) is 12.1 Å². The van der Waals surface area contributed by atoms with Crippen LogP contribution in [0.15, 0.2) is 36.7 Å². The largest absolute Gasteiger partial charge is 0.341 e. The summed E-state index contributed by atoms with van der Waals surface area (Å²) in [6.07, 6.45) is 3.62. The van der Waals surface area contributed by atoms with Gasteiger partial charge < -0.3 is 4.90 Å². The molecule has 1 aromatic heterocycles. The Morgan fingerprint density at radius 3 is 2.94 bits per heavy atom. The lowest BCUT2D eigenvalue weighted by atomic mass is 10.1. The molecule has 2 aromatic rings. The summed E-state index contributed by atoms with van der Waals surface area (Å²) in [7, 11) is 1.72. The number of carbonyl (C=O) groups is 1. The molecule has 0 unspecified atom stereocenters. The molecular weight excluding hydrogens is 233 g/mol. The maximum atomic E-state index is 13.0. The lowest BCUT2D eigenvalue weighted by Gasteiger charge is -2.16. The Labute approximate surface area is 104 Å². The number of hydrogen-bond acceptors (Lipinski definition) is 2. The third kappa shape index (κ3) is 3.16. The average molecular weight is 247 g/mol. The Kier molecular flexibility index (Phi) is 3.72. The molecule has 0 atom stereocenters. The highest BCUT2D eigenvalue weighted by molar-refractivity contribution is 5.78. The van der Waals surface area contributed by atoms with Crippen molar-refractivity contribution in [1.29, 1.82) is 0 Å². The topological polar surface area (TPSA) is 49.0 Å². The maximum absolute atomic E-state index is 13.0. The van der Waals surface area contributed by atoms with Crippen LogP contribution in [0.3, 0.4) is 0 Å². The molecule has 94 valence electrons. The number of benzene rings is 1. The molecule has 0 radical (unpaired) electrons. The van der Waals surface area contributed by atoms with Crippen molar-refractivity contribution in [2.75, 3.05) is 7.05 Å². The highest BCUT2D eigenvalue weighted by atomic mass is 19.1. The molecule has 1 amide bonds. The number of H-pyrrole nitrogens is 1. The van der Waals surface area contributed by atoms with Gasteiger partial charge in [0.2, 0.25) is 5.91 Å². The minimum Gasteiger partial charge on any atom is -0.341 e. The van der Waals surface area contributed by atoms with Crippen LogP contribution < -0.4 is 0 Å². The van der Waals surface area contributed by atoms with Crippen LogP contribution in [-0.2, 0) is 17.8 Å². The average Bonchev–Trinajstić information content (AvgIpc) is 2.81. The van der Waals surface area contributed by atoms with Gasteiger partial charge in [-0.2, -0.15) is 5.10 Å². The van der Waals surface area contributed by atoms with E-state index in [1.165, 1.54) is 12.1 Å². The van der Waals surface area contributed by atoms with Gasteiger partial charge in [-0.25, -0.2) is 4.39 Å². The first kappa shape index (κ1) is 12.3. The first-order chi connectivity index (χ1) is 8.65. The Balaban J connectivity index is 1.95. The summed E-state index contributed by atoms with van der Waals surface area (Å²) in [5.41, 5.74) is 1.61. The summed E-state index contributed by atoms with van der Waals surface area (Å²) in [5, 5.41) is 6.51. The first-order valence-corrected chi connectivity index (χ1v) is 5.61. The SMILES string of the molecule is CN(Cc1cn[nH]c1)C(=O)Cc1cccc(F)c1. The van der Waals surface area contributed by atoms with Gasteiger partial charge in [0.1, 0.15) is 5.82 Å². The van der Waals surface area contributed by atoms with Crippen LogP contribution in [0.1, 0.15) is 11.1 Å². The lowest BCUT2D eigenvalue weighted by Crippen LogP contribution is -2.27.